The van der Waals surface area contributed by atoms with E-state index in [0.29, 0.717) is 18.3 Å². The molecule has 1 aliphatic carbocycles. The van der Waals surface area contributed by atoms with Crippen LogP contribution in [0.4, 0.5) is 0 Å². The highest BCUT2D eigenvalue weighted by Crippen LogP contribution is 2.38. The lowest BCUT2D eigenvalue weighted by Gasteiger charge is -2.32. The van der Waals surface area contributed by atoms with Crippen molar-refractivity contribution in [3.05, 3.63) is 18.4 Å². The summed E-state index contributed by atoms with van der Waals surface area (Å²) in [6.07, 6.45) is 9.17. The third-order valence-electron chi connectivity index (χ3n) is 4.13. The molecule has 1 saturated carbocycles. The molecule has 19 heavy (non-hydrogen) atoms. The molecule has 6 nitrogen and oxygen atoms in total. The first-order valence-corrected chi connectivity index (χ1v) is 6.76. The van der Waals surface area contributed by atoms with Gasteiger partial charge in [-0.15, -0.1) is 0 Å². The standard InChI is InChI=1S/C13H19N5O/c1-18-9-15-7-10(18)11-16-12(19-17-11)13(8-14)5-3-2-4-6-13/h7,9H,2-6,8,14H2,1H3. The summed E-state index contributed by atoms with van der Waals surface area (Å²) in [4.78, 5) is 8.64. The van der Waals surface area contributed by atoms with Crippen molar-refractivity contribution in [1.82, 2.24) is 19.7 Å². The van der Waals surface area contributed by atoms with Crippen LogP contribution in [0.1, 0.15) is 38.0 Å². The molecule has 6 heteroatoms. The van der Waals surface area contributed by atoms with Gasteiger partial charge in [0.25, 0.3) is 0 Å². The molecular weight excluding hydrogens is 242 g/mol. The summed E-state index contributed by atoms with van der Waals surface area (Å²) in [7, 11) is 1.91. The summed E-state index contributed by atoms with van der Waals surface area (Å²) in [6.45, 7) is 0.569. The highest BCUT2D eigenvalue weighted by atomic mass is 16.5. The summed E-state index contributed by atoms with van der Waals surface area (Å²) in [5, 5.41) is 4.09. The Kier molecular flexibility index (Phi) is 3.10. The van der Waals surface area contributed by atoms with Crippen LogP contribution in [-0.2, 0) is 12.5 Å². The van der Waals surface area contributed by atoms with Gasteiger partial charge in [-0.2, -0.15) is 4.98 Å². The van der Waals surface area contributed by atoms with Gasteiger partial charge in [0, 0.05) is 13.6 Å². The molecule has 1 fully saturated rings. The number of hydrogen-bond acceptors (Lipinski definition) is 5. The van der Waals surface area contributed by atoms with Crippen LogP contribution in [-0.4, -0.2) is 26.2 Å². The molecule has 2 aromatic rings. The lowest BCUT2D eigenvalue weighted by Crippen LogP contribution is -2.37. The summed E-state index contributed by atoms with van der Waals surface area (Å²) in [6, 6.07) is 0. The van der Waals surface area contributed by atoms with Crippen molar-refractivity contribution in [1.29, 1.82) is 0 Å². The molecule has 0 amide bonds. The van der Waals surface area contributed by atoms with Gasteiger partial charge in [-0.3, -0.25) is 0 Å². The van der Waals surface area contributed by atoms with Gasteiger partial charge in [-0.25, -0.2) is 4.98 Å². The zero-order chi connectivity index (χ0) is 13.3. The van der Waals surface area contributed by atoms with Crippen molar-refractivity contribution in [2.24, 2.45) is 12.8 Å². The number of imidazole rings is 1. The van der Waals surface area contributed by atoms with Crippen LogP contribution in [0.3, 0.4) is 0 Å². The van der Waals surface area contributed by atoms with Crippen LogP contribution in [0.5, 0.6) is 0 Å². The smallest absolute Gasteiger partial charge is 0.234 e. The fourth-order valence-corrected chi connectivity index (χ4v) is 2.85. The van der Waals surface area contributed by atoms with Crippen molar-refractivity contribution in [2.45, 2.75) is 37.5 Å². The first kappa shape index (κ1) is 12.3. The molecule has 0 atom stereocenters. The Morgan fingerprint density at radius 3 is 2.79 bits per heavy atom. The van der Waals surface area contributed by atoms with E-state index in [1.165, 1.54) is 19.3 Å². The second kappa shape index (κ2) is 4.77. The summed E-state index contributed by atoms with van der Waals surface area (Å²) >= 11 is 0. The third-order valence-corrected chi connectivity index (χ3v) is 4.13. The Morgan fingerprint density at radius 1 is 1.37 bits per heavy atom. The Hall–Kier alpha value is -1.69. The second-order valence-corrected chi connectivity index (χ2v) is 5.36. The van der Waals surface area contributed by atoms with Crippen LogP contribution >= 0.6 is 0 Å². The van der Waals surface area contributed by atoms with Gasteiger partial charge in [-0.1, -0.05) is 24.4 Å². The summed E-state index contributed by atoms with van der Waals surface area (Å²) in [5.41, 5.74) is 6.72. The lowest BCUT2D eigenvalue weighted by molar-refractivity contribution is 0.220. The Bertz CT molecular complexity index is 553. The van der Waals surface area contributed by atoms with Crippen LogP contribution < -0.4 is 5.73 Å². The van der Waals surface area contributed by atoms with Crippen molar-refractivity contribution >= 4 is 0 Å². The molecule has 2 aromatic heterocycles. The number of hydrogen-bond donors (Lipinski definition) is 1. The molecule has 102 valence electrons. The van der Waals surface area contributed by atoms with Crippen molar-refractivity contribution in [3.63, 3.8) is 0 Å². The number of nitrogens with two attached hydrogens (primary N) is 1. The maximum absolute atomic E-state index is 5.98. The van der Waals surface area contributed by atoms with Gasteiger partial charge < -0.3 is 14.8 Å². The highest BCUT2D eigenvalue weighted by Gasteiger charge is 2.38. The maximum Gasteiger partial charge on any atom is 0.234 e. The zero-order valence-corrected chi connectivity index (χ0v) is 11.2. The number of aromatic nitrogens is 4. The molecule has 3 rings (SSSR count). The summed E-state index contributed by atoms with van der Waals surface area (Å²) in [5.74, 6) is 1.28. The molecule has 0 aromatic carbocycles. The number of nitrogens with zero attached hydrogens (tertiary/aromatic N) is 4. The topological polar surface area (TPSA) is 82.8 Å². The fourth-order valence-electron chi connectivity index (χ4n) is 2.85. The Labute approximate surface area is 112 Å². The average molecular weight is 261 g/mol. The SMILES string of the molecule is Cn1cncc1-c1noc(C2(CN)CCCCC2)n1. The molecular formula is C13H19N5O. The van der Waals surface area contributed by atoms with Gasteiger partial charge in [0.05, 0.1) is 17.9 Å². The van der Waals surface area contributed by atoms with E-state index in [4.69, 9.17) is 10.3 Å². The Morgan fingerprint density at radius 2 is 2.16 bits per heavy atom. The van der Waals surface area contributed by atoms with Crippen LogP contribution in [0, 0.1) is 0 Å². The van der Waals surface area contributed by atoms with Gasteiger partial charge in [0.15, 0.2) is 0 Å². The van der Waals surface area contributed by atoms with E-state index in [1.807, 2.05) is 11.6 Å². The van der Waals surface area contributed by atoms with Gasteiger partial charge in [-0.05, 0) is 12.8 Å². The minimum atomic E-state index is -0.123. The van der Waals surface area contributed by atoms with Crippen molar-refractivity contribution in [2.75, 3.05) is 6.54 Å². The highest BCUT2D eigenvalue weighted by molar-refractivity contribution is 5.47. The van der Waals surface area contributed by atoms with Crippen molar-refractivity contribution < 1.29 is 4.52 Å². The maximum atomic E-state index is 5.98. The first-order chi connectivity index (χ1) is 9.25. The zero-order valence-electron chi connectivity index (χ0n) is 11.2. The second-order valence-electron chi connectivity index (χ2n) is 5.36. The lowest BCUT2D eigenvalue weighted by atomic mass is 9.74. The van der Waals surface area contributed by atoms with E-state index in [2.05, 4.69) is 15.1 Å². The predicted octanol–water partition coefficient (Wildman–Crippen LogP) is 1.63. The van der Waals surface area contributed by atoms with Crippen LogP contribution in [0.25, 0.3) is 11.5 Å². The Balaban J connectivity index is 1.94. The van der Waals surface area contributed by atoms with E-state index in [0.717, 1.165) is 18.5 Å². The molecule has 0 spiro atoms. The first-order valence-electron chi connectivity index (χ1n) is 6.76. The van der Waals surface area contributed by atoms with Crippen LogP contribution in [0.2, 0.25) is 0 Å². The number of aryl methyl sites for hydroxylation is 1. The van der Waals surface area contributed by atoms with Gasteiger partial charge in [0.1, 0.15) is 5.69 Å². The van der Waals surface area contributed by atoms with Gasteiger partial charge in [0.2, 0.25) is 11.7 Å². The molecule has 0 radical (unpaired) electrons. The average Bonchev–Trinajstić information content (AvgIpc) is 3.08. The molecule has 2 N–H and O–H groups in total. The van der Waals surface area contributed by atoms with E-state index < -0.39 is 0 Å². The van der Waals surface area contributed by atoms with E-state index in [1.54, 1.807) is 12.5 Å². The molecule has 0 unspecified atom stereocenters. The van der Waals surface area contributed by atoms with Gasteiger partial charge >= 0.3 is 0 Å². The quantitative estimate of drug-likeness (QED) is 0.908. The fraction of sp³-hybridized carbons (Fsp3) is 0.615. The number of rotatable bonds is 3. The largest absolute Gasteiger partial charge is 0.338 e. The minimum absolute atomic E-state index is 0.123. The minimum Gasteiger partial charge on any atom is -0.338 e. The molecule has 2 heterocycles. The monoisotopic (exact) mass is 261 g/mol. The molecule has 0 aliphatic heterocycles. The van der Waals surface area contributed by atoms with E-state index in [-0.39, 0.29) is 5.41 Å². The van der Waals surface area contributed by atoms with E-state index >= 15 is 0 Å². The molecule has 0 bridgehead atoms. The predicted molar refractivity (Wildman–Crippen MR) is 70.3 cm³/mol. The van der Waals surface area contributed by atoms with Crippen LogP contribution in [0.15, 0.2) is 17.0 Å². The molecule has 1 aliphatic rings. The summed E-state index contributed by atoms with van der Waals surface area (Å²) < 4.78 is 7.37. The van der Waals surface area contributed by atoms with Crippen molar-refractivity contribution in [3.8, 4) is 11.5 Å². The molecule has 0 saturated heterocycles. The normalized spacial score (nSPS) is 18.6. The van der Waals surface area contributed by atoms with E-state index in [9.17, 15) is 0 Å². The third kappa shape index (κ3) is 2.06.